The number of benzene rings is 1. The van der Waals surface area contributed by atoms with Crippen molar-refractivity contribution < 1.29 is 9.53 Å². The Morgan fingerprint density at radius 3 is 2.70 bits per heavy atom. The molecule has 1 N–H and O–H groups in total. The van der Waals surface area contributed by atoms with E-state index in [0.29, 0.717) is 13.2 Å². The molecule has 0 aromatic heterocycles. The molecule has 1 heterocycles. The van der Waals surface area contributed by atoms with E-state index >= 15 is 0 Å². The second kappa shape index (κ2) is 6.75. The van der Waals surface area contributed by atoms with Crippen LogP contribution < -0.4 is 5.32 Å². The Hall–Kier alpha value is -1.55. The first kappa shape index (κ1) is 14.9. The molecule has 4 heteroatoms. The standard InChI is InChI=1S/C16H24N2O2/c1-4-9-17-15-7-5-14(6-8-15)16(19)18-10-13(3)20-11-12(18)2/h5-8,12-13,17H,4,9-11H2,1-3H3. The van der Waals surface area contributed by atoms with Gasteiger partial charge in [-0.05, 0) is 44.5 Å². The number of rotatable bonds is 4. The van der Waals surface area contributed by atoms with Gasteiger partial charge in [-0.2, -0.15) is 0 Å². The molecular weight excluding hydrogens is 252 g/mol. The SMILES string of the molecule is CCCNc1ccc(C(=O)N2CC(C)OCC2C)cc1. The van der Waals surface area contributed by atoms with Crippen molar-refractivity contribution in [1.29, 1.82) is 0 Å². The highest BCUT2D eigenvalue weighted by atomic mass is 16.5. The predicted octanol–water partition coefficient (Wildman–Crippen LogP) is 2.76. The maximum atomic E-state index is 12.5. The maximum Gasteiger partial charge on any atom is 0.254 e. The number of amides is 1. The van der Waals surface area contributed by atoms with Gasteiger partial charge in [-0.15, -0.1) is 0 Å². The zero-order valence-electron chi connectivity index (χ0n) is 12.6. The summed E-state index contributed by atoms with van der Waals surface area (Å²) in [6.07, 6.45) is 1.20. The third kappa shape index (κ3) is 3.51. The van der Waals surface area contributed by atoms with Crippen LogP contribution in [0.25, 0.3) is 0 Å². The molecule has 1 amide bonds. The van der Waals surface area contributed by atoms with E-state index in [9.17, 15) is 4.79 Å². The lowest BCUT2D eigenvalue weighted by atomic mass is 10.1. The summed E-state index contributed by atoms with van der Waals surface area (Å²) in [4.78, 5) is 14.4. The summed E-state index contributed by atoms with van der Waals surface area (Å²) in [5.41, 5.74) is 1.81. The van der Waals surface area contributed by atoms with Crippen molar-refractivity contribution >= 4 is 11.6 Å². The normalized spacial score (nSPS) is 22.6. The predicted molar refractivity (Wildman–Crippen MR) is 81.1 cm³/mol. The van der Waals surface area contributed by atoms with Gasteiger partial charge in [0.1, 0.15) is 0 Å². The van der Waals surface area contributed by atoms with Gasteiger partial charge in [0.2, 0.25) is 0 Å². The third-order valence-corrected chi connectivity index (χ3v) is 3.58. The molecule has 1 saturated heterocycles. The van der Waals surface area contributed by atoms with Gasteiger partial charge in [-0.1, -0.05) is 6.92 Å². The van der Waals surface area contributed by atoms with Crippen LogP contribution in [0.3, 0.4) is 0 Å². The number of nitrogens with one attached hydrogen (secondary N) is 1. The van der Waals surface area contributed by atoms with Crippen LogP contribution in [0.2, 0.25) is 0 Å². The molecule has 0 bridgehead atoms. The number of ether oxygens (including phenoxy) is 1. The van der Waals surface area contributed by atoms with Crippen LogP contribution in [-0.4, -0.2) is 42.6 Å². The first-order chi connectivity index (χ1) is 9.61. The molecule has 1 aliphatic heterocycles. The van der Waals surface area contributed by atoms with Gasteiger partial charge >= 0.3 is 0 Å². The van der Waals surface area contributed by atoms with Gasteiger partial charge in [0.05, 0.1) is 18.8 Å². The zero-order valence-corrected chi connectivity index (χ0v) is 12.6. The largest absolute Gasteiger partial charge is 0.385 e. The van der Waals surface area contributed by atoms with E-state index in [1.54, 1.807) is 0 Å². The maximum absolute atomic E-state index is 12.5. The minimum Gasteiger partial charge on any atom is -0.385 e. The summed E-state index contributed by atoms with van der Waals surface area (Å²) in [5.74, 6) is 0.0923. The lowest BCUT2D eigenvalue weighted by Crippen LogP contribution is -2.50. The van der Waals surface area contributed by atoms with Crippen LogP contribution in [-0.2, 0) is 4.74 Å². The molecule has 4 nitrogen and oxygen atoms in total. The van der Waals surface area contributed by atoms with Crippen molar-refractivity contribution in [3.8, 4) is 0 Å². The summed E-state index contributed by atoms with van der Waals surface area (Å²) in [6, 6.07) is 7.87. The number of hydrogen-bond donors (Lipinski definition) is 1. The van der Waals surface area contributed by atoms with E-state index in [1.165, 1.54) is 0 Å². The molecular formula is C16H24N2O2. The van der Waals surface area contributed by atoms with Crippen molar-refractivity contribution in [1.82, 2.24) is 4.90 Å². The zero-order chi connectivity index (χ0) is 14.5. The van der Waals surface area contributed by atoms with Gasteiger partial charge in [0.25, 0.3) is 5.91 Å². The Bertz CT molecular complexity index is 444. The fraction of sp³-hybridized carbons (Fsp3) is 0.562. The number of carbonyl (C=O) groups is 1. The van der Waals surface area contributed by atoms with Crippen molar-refractivity contribution in [2.75, 3.05) is 25.0 Å². The summed E-state index contributed by atoms with van der Waals surface area (Å²) in [5, 5.41) is 3.31. The highest BCUT2D eigenvalue weighted by Gasteiger charge is 2.28. The average Bonchev–Trinajstić information content (AvgIpc) is 2.47. The molecule has 1 aromatic rings. The molecule has 2 atom stereocenters. The number of hydrogen-bond acceptors (Lipinski definition) is 3. The smallest absolute Gasteiger partial charge is 0.254 e. The lowest BCUT2D eigenvalue weighted by Gasteiger charge is -2.36. The highest BCUT2D eigenvalue weighted by Crippen LogP contribution is 2.17. The molecule has 2 rings (SSSR count). The molecule has 0 radical (unpaired) electrons. The first-order valence-corrected chi connectivity index (χ1v) is 7.38. The quantitative estimate of drug-likeness (QED) is 0.919. The summed E-state index contributed by atoms with van der Waals surface area (Å²) < 4.78 is 5.57. The van der Waals surface area contributed by atoms with Crippen molar-refractivity contribution in [3.05, 3.63) is 29.8 Å². The molecule has 1 fully saturated rings. The van der Waals surface area contributed by atoms with Crippen molar-refractivity contribution in [2.24, 2.45) is 0 Å². The highest BCUT2D eigenvalue weighted by molar-refractivity contribution is 5.94. The Labute approximate surface area is 121 Å². The number of anilines is 1. The monoisotopic (exact) mass is 276 g/mol. The fourth-order valence-corrected chi connectivity index (χ4v) is 2.35. The van der Waals surface area contributed by atoms with Crippen molar-refractivity contribution in [3.63, 3.8) is 0 Å². The molecule has 0 aliphatic carbocycles. The molecule has 110 valence electrons. The second-order valence-electron chi connectivity index (χ2n) is 5.45. The average molecular weight is 276 g/mol. The van der Waals surface area contributed by atoms with Gasteiger partial charge in [-0.3, -0.25) is 4.79 Å². The van der Waals surface area contributed by atoms with E-state index in [4.69, 9.17) is 4.74 Å². The van der Waals surface area contributed by atoms with E-state index in [2.05, 4.69) is 12.2 Å². The van der Waals surface area contributed by atoms with E-state index in [0.717, 1.165) is 24.2 Å². The van der Waals surface area contributed by atoms with Gasteiger partial charge < -0.3 is 15.0 Å². The van der Waals surface area contributed by atoms with Crippen LogP contribution in [0.15, 0.2) is 24.3 Å². The van der Waals surface area contributed by atoms with Gasteiger partial charge in [0.15, 0.2) is 0 Å². The second-order valence-corrected chi connectivity index (χ2v) is 5.45. The Morgan fingerprint density at radius 1 is 1.35 bits per heavy atom. The summed E-state index contributed by atoms with van der Waals surface area (Å²) in [7, 11) is 0. The molecule has 1 aliphatic rings. The first-order valence-electron chi connectivity index (χ1n) is 7.38. The topological polar surface area (TPSA) is 41.6 Å². The fourth-order valence-electron chi connectivity index (χ4n) is 2.35. The number of nitrogens with zero attached hydrogens (tertiary/aromatic N) is 1. The van der Waals surface area contributed by atoms with Gasteiger partial charge in [0, 0.05) is 24.3 Å². The third-order valence-electron chi connectivity index (χ3n) is 3.58. The Balaban J connectivity index is 2.04. The molecule has 0 spiro atoms. The molecule has 0 saturated carbocycles. The van der Waals surface area contributed by atoms with Crippen LogP contribution >= 0.6 is 0 Å². The van der Waals surface area contributed by atoms with Gasteiger partial charge in [-0.25, -0.2) is 0 Å². The molecule has 1 aromatic carbocycles. The number of carbonyl (C=O) groups excluding carboxylic acids is 1. The minimum absolute atomic E-state index is 0.0923. The Morgan fingerprint density at radius 2 is 2.05 bits per heavy atom. The van der Waals surface area contributed by atoms with E-state index < -0.39 is 0 Å². The number of morpholine rings is 1. The van der Waals surface area contributed by atoms with Crippen LogP contribution in [0.4, 0.5) is 5.69 Å². The van der Waals surface area contributed by atoms with Crippen molar-refractivity contribution in [2.45, 2.75) is 39.3 Å². The molecule has 2 unspecified atom stereocenters. The van der Waals surface area contributed by atoms with Crippen LogP contribution in [0.5, 0.6) is 0 Å². The lowest BCUT2D eigenvalue weighted by molar-refractivity contribution is -0.0387. The summed E-state index contributed by atoms with van der Waals surface area (Å²) in [6.45, 7) is 8.39. The van der Waals surface area contributed by atoms with E-state index in [-0.39, 0.29) is 18.1 Å². The van der Waals surface area contributed by atoms with E-state index in [1.807, 2.05) is 43.0 Å². The Kier molecular flexibility index (Phi) is 5.01. The van der Waals surface area contributed by atoms with Crippen LogP contribution in [0.1, 0.15) is 37.6 Å². The van der Waals surface area contributed by atoms with Crippen LogP contribution in [0, 0.1) is 0 Å². The summed E-state index contributed by atoms with van der Waals surface area (Å²) >= 11 is 0. The minimum atomic E-state index is 0.0923. The molecule has 20 heavy (non-hydrogen) atoms.